The van der Waals surface area contributed by atoms with Crippen molar-refractivity contribution in [2.24, 2.45) is 0 Å². The second-order valence-electron chi connectivity index (χ2n) is 8.73. The van der Waals surface area contributed by atoms with Gasteiger partial charge in [0.05, 0.1) is 11.9 Å². The lowest BCUT2D eigenvalue weighted by atomic mass is 10.1. The molecule has 34 heavy (non-hydrogen) atoms. The molecule has 1 N–H and O–H groups in total. The molecule has 0 unspecified atom stereocenters. The predicted octanol–water partition coefficient (Wildman–Crippen LogP) is 3.62. The van der Waals surface area contributed by atoms with E-state index in [2.05, 4.69) is 5.32 Å². The van der Waals surface area contributed by atoms with Crippen molar-refractivity contribution in [3.63, 3.8) is 0 Å². The summed E-state index contributed by atoms with van der Waals surface area (Å²) in [4.78, 5) is 27.9. The Labute approximate surface area is 207 Å². The van der Waals surface area contributed by atoms with Gasteiger partial charge in [-0.15, -0.1) is 0 Å². The van der Waals surface area contributed by atoms with Gasteiger partial charge in [0.15, 0.2) is 0 Å². The molecule has 0 spiro atoms. The molecule has 0 saturated heterocycles. The first-order valence-electron chi connectivity index (χ1n) is 11.5. The number of halogens is 1. The third kappa shape index (κ3) is 7.21. The summed E-state index contributed by atoms with van der Waals surface area (Å²) in [6.07, 6.45) is 5.65. The first-order valence-corrected chi connectivity index (χ1v) is 13.7. The van der Waals surface area contributed by atoms with E-state index in [-0.39, 0.29) is 11.9 Å². The number of benzene rings is 2. The minimum Gasteiger partial charge on any atom is -0.352 e. The number of nitrogens with one attached hydrogen (secondary N) is 1. The summed E-state index contributed by atoms with van der Waals surface area (Å²) < 4.78 is 26.1. The number of carbonyl (C=O) groups excluding carboxylic acids is 2. The first kappa shape index (κ1) is 26.0. The Kier molecular flexibility index (Phi) is 8.97. The van der Waals surface area contributed by atoms with Crippen molar-refractivity contribution >= 4 is 39.1 Å². The molecule has 0 aliphatic heterocycles. The zero-order valence-electron chi connectivity index (χ0n) is 19.6. The number of amides is 2. The number of hydrogen-bond acceptors (Lipinski definition) is 4. The van der Waals surface area contributed by atoms with E-state index in [1.807, 2.05) is 30.3 Å². The second-order valence-corrected chi connectivity index (χ2v) is 11.1. The van der Waals surface area contributed by atoms with Crippen LogP contribution in [0.4, 0.5) is 5.69 Å². The van der Waals surface area contributed by atoms with Crippen molar-refractivity contribution < 1.29 is 18.0 Å². The highest BCUT2D eigenvalue weighted by atomic mass is 35.5. The van der Waals surface area contributed by atoms with Crippen LogP contribution in [-0.2, 0) is 26.0 Å². The molecule has 9 heteroatoms. The van der Waals surface area contributed by atoms with Gasteiger partial charge >= 0.3 is 0 Å². The monoisotopic (exact) mass is 505 g/mol. The van der Waals surface area contributed by atoms with E-state index < -0.39 is 28.5 Å². The molecule has 1 fully saturated rings. The maximum absolute atomic E-state index is 13.5. The average molecular weight is 506 g/mol. The largest absolute Gasteiger partial charge is 0.352 e. The van der Waals surface area contributed by atoms with Gasteiger partial charge in [0.25, 0.3) is 0 Å². The molecule has 2 aromatic rings. The van der Waals surface area contributed by atoms with Crippen LogP contribution in [0.3, 0.4) is 0 Å². The van der Waals surface area contributed by atoms with Gasteiger partial charge in [-0.2, -0.15) is 0 Å². The zero-order chi connectivity index (χ0) is 24.7. The van der Waals surface area contributed by atoms with Crippen LogP contribution in [0.15, 0.2) is 54.6 Å². The molecular weight excluding hydrogens is 474 g/mol. The summed E-state index contributed by atoms with van der Waals surface area (Å²) in [6.45, 7) is 1.58. The lowest BCUT2D eigenvalue weighted by Gasteiger charge is -2.32. The molecule has 0 bridgehead atoms. The van der Waals surface area contributed by atoms with E-state index in [0.29, 0.717) is 23.7 Å². The summed E-state index contributed by atoms with van der Waals surface area (Å²) in [5, 5.41) is 3.52. The molecule has 1 saturated carbocycles. The van der Waals surface area contributed by atoms with Gasteiger partial charge in [-0.25, -0.2) is 8.42 Å². The van der Waals surface area contributed by atoms with E-state index in [0.717, 1.165) is 41.8 Å². The van der Waals surface area contributed by atoms with Crippen LogP contribution in [0, 0.1) is 0 Å². The SMILES string of the molecule is C[C@H](C(=O)NC1CCCC1)N(CCc1ccccc1)C(=O)CN(c1ccc(Cl)cc1)S(C)(=O)=O. The van der Waals surface area contributed by atoms with Crippen molar-refractivity contribution in [3.05, 3.63) is 65.2 Å². The molecule has 7 nitrogen and oxygen atoms in total. The Morgan fingerprint density at radius 3 is 2.26 bits per heavy atom. The van der Waals surface area contributed by atoms with E-state index in [9.17, 15) is 18.0 Å². The van der Waals surface area contributed by atoms with Crippen molar-refractivity contribution in [2.75, 3.05) is 23.7 Å². The molecular formula is C25H32ClN3O4S. The van der Waals surface area contributed by atoms with Gasteiger partial charge in [0.1, 0.15) is 12.6 Å². The fourth-order valence-electron chi connectivity index (χ4n) is 4.18. The molecule has 0 radical (unpaired) electrons. The Morgan fingerprint density at radius 2 is 1.68 bits per heavy atom. The third-order valence-corrected chi connectivity index (χ3v) is 7.54. The molecule has 0 heterocycles. The van der Waals surface area contributed by atoms with Crippen LogP contribution in [-0.4, -0.2) is 56.6 Å². The normalized spacial score (nSPS) is 15.0. The topological polar surface area (TPSA) is 86.8 Å². The summed E-state index contributed by atoms with van der Waals surface area (Å²) >= 11 is 5.94. The lowest BCUT2D eigenvalue weighted by Crippen LogP contribution is -2.53. The highest BCUT2D eigenvalue weighted by molar-refractivity contribution is 7.92. The van der Waals surface area contributed by atoms with Gasteiger partial charge in [0.2, 0.25) is 21.8 Å². The van der Waals surface area contributed by atoms with Crippen LogP contribution in [0.5, 0.6) is 0 Å². The van der Waals surface area contributed by atoms with Gasteiger partial charge in [-0.1, -0.05) is 54.8 Å². The number of anilines is 1. The van der Waals surface area contributed by atoms with Gasteiger partial charge in [-0.05, 0) is 56.0 Å². The van der Waals surface area contributed by atoms with Crippen LogP contribution in [0.2, 0.25) is 5.02 Å². The summed E-state index contributed by atoms with van der Waals surface area (Å²) in [5.74, 6) is -0.656. The quantitative estimate of drug-likeness (QED) is 0.534. The number of nitrogens with zero attached hydrogens (tertiary/aromatic N) is 2. The van der Waals surface area contributed by atoms with Gasteiger partial charge in [0, 0.05) is 17.6 Å². The molecule has 1 aliphatic carbocycles. The highest BCUT2D eigenvalue weighted by Crippen LogP contribution is 2.21. The van der Waals surface area contributed by atoms with Crippen LogP contribution >= 0.6 is 11.6 Å². The molecule has 1 atom stereocenters. The Hall–Kier alpha value is -2.58. The van der Waals surface area contributed by atoms with Crippen LogP contribution in [0.25, 0.3) is 0 Å². The van der Waals surface area contributed by atoms with E-state index >= 15 is 0 Å². The van der Waals surface area contributed by atoms with Crippen LogP contribution < -0.4 is 9.62 Å². The Bertz CT molecular complexity index is 1070. The Morgan fingerprint density at radius 1 is 1.06 bits per heavy atom. The van der Waals surface area contributed by atoms with Crippen LogP contribution in [0.1, 0.15) is 38.2 Å². The summed E-state index contributed by atoms with van der Waals surface area (Å²) in [7, 11) is -3.75. The molecule has 1 aliphatic rings. The standard InChI is InChI=1S/C25H32ClN3O4S/c1-19(25(31)27-22-10-6-7-11-22)28(17-16-20-8-4-3-5-9-20)24(30)18-29(34(2,32)33)23-14-12-21(26)13-15-23/h3-5,8-9,12-15,19,22H,6-7,10-11,16-18H2,1-2H3,(H,27,31)/t19-/m1/s1. The zero-order valence-corrected chi connectivity index (χ0v) is 21.2. The number of carbonyl (C=O) groups is 2. The lowest BCUT2D eigenvalue weighted by molar-refractivity contribution is -0.139. The maximum atomic E-state index is 13.5. The Balaban J connectivity index is 1.81. The van der Waals surface area contributed by atoms with E-state index in [1.54, 1.807) is 31.2 Å². The predicted molar refractivity (Wildman–Crippen MR) is 135 cm³/mol. The van der Waals surface area contributed by atoms with Gasteiger partial charge < -0.3 is 10.2 Å². The number of hydrogen-bond donors (Lipinski definition) is 1. The fourth-order valence-corrected chi connectivity index (χ4v) is 5.16. The summed E-state index contributed by atoms with van der Waals surface area (Å²) in [6, 6.07) is 15.3. The molecule has 0 aromatic heterocycles. The molecule has 3 rings (SSSR count). The minimum absolute atomic E-state index is 0.127. The maximum Gasteiger partial charge on any atom is 0.244 e. The van der Waals surface area contributed by atoms with E-state index in [4.69, 9.17) is 11.6 Å². The molecule has 184 valence electrons. The highest BCUT2D eigenvalue weighted by Gasteiger charge is 2.31. The minimum atomic E-state index is -3.75. The average Bonchev–Trinajstić information content (AvgIpc) is 3.31. The molecule has 2 aromatic carbocycles. The first-order chi connectivity index (χ1) is 16.1. The molecule has 2 amide bonds. The smallest absolute Gasteiger partial charge is 0.244 e. The van der Waals surface area contributed by atoms with E-state index in [1.165, 1.54) is 4.90 Å². The number of sulfonamides is 1. The summed E-state index contributed by atoms with van der Waals surface area (Å²) in [5.41, 5.74) is 1.37. The van der Waals surface area contributed by atoms with Gasteiger partial charge in [-0.3, -0.25) is 13.9 Å². The van der Waals surface area contributed by atoms with Crippen molar-refractivity contribution in [2.45, 2.75) is 51.1 Å². The van der Waals surface area contributed by atoms with Crippen molar-refractivity contribution in [1.82, 2.24) is 10.2 Å². The fraction of sp³-hybridized carbons (Fsp3) is 0.440. The second kappa shape index (κ2) is 11.7. The van der Waals surface area contributed by atoms with Crippen molar-refractivity contribution in [1.29, 1.82) is 0 Å². The van der Waals surface area contributed by atoms with Crippen molar-refractivity contribution in [3.8, 4) is 0 Å². The third-order valence-electron chi connectivity index (χ3n) is 6.15. The number of rotatable bonds is 10.